The number of halogens is 4. The van der Waals surface area contributed by atoms with Gasteiger partial charge in [0.2, 0.25) is 5.88 Å². The molecule has 2 fully saturated rings. The molecule has 11 nitrogen and oxygen atoms in total. The van der Waals surface area contributed by atoms with E-state index in [9.17, 15) is 22.8 Å². The van der Waals surface area contributed by atoms with Gasteiger partial charge in [-0.05, 0) is 52.2 Å². The number of fused-ring (bicyclic) bond motifs is 1. The minimum atomic E-state index is -4.76. The Morgan fingerprint density at radius 3 is 2.57 bits per heavy atom. The van der Waals surface area contributed by atoms with Gasteiger partial charge in [0.15, 0.2) is 5.82 Å². The zero-order valence-electron chi connectivity index (χ0n) is 23.5. The second-order valence-electron chi connectivity index (χ2n) is 11.4. The molecular formula is C27H31F4N7O4. The van der Waals surface area contributed by atoms with Crippen molar-refractivity contribution in [3.8, 4) is 17.1 Å². The van der Waals surface area contributed by atoms with Crippen molar-refractivity contribution in [3.63, 3.8) is 0 Å². The molecule has 2 aliphatic rings. The van der Waals surface area contributed by atoms with E-state index in [1.807, 2.05) is 13.8 Å². The maximum absolute atomic E-state index is 15.1. The van der Waals surface area contributed by atoms with E-state index in [4.69, 9.17) is 15.2 Å². The smallest absolute Gasteiger partial charge is 0.418 e. The van der Waals surface area contributed by atoms with E-state index in [2.05, 4.69) is 20.4 Å². The molecule has 3 atom stereocenters. The molecule has 3 aromatic rings. The molecular weight excluding hydrogens is 562 g/mol. The summed E-state index contributed by atoms with van der Waals surface area (Å²) in [6.07, 6.45) is -2.03. The van der Waals surface area contributed by atoms with E-state index >= 15 is 4.39 Å². The summed E-state index contributed by atoms with van der Waals surface area (Å²) >= 11 is 0. The highest BCUT2D eigenvalue weighted by Gasteiger charge is 2.48. The minimum absolute atomic E-state index is 0.0553. The van der Waals surface area contributed by atoms with Crippen molar-refractivity contribution in [1.82, 2.24) is 29.8 Å². The molecule has 15 heteroatoms. The first-order valence-electron chi connectivity index (χ1n) is 13.3. The predicted molar refractivity (Wildman–Crippen MR) is 142 cm³/mol. The number of amides is 2. The van der Waals surface area contributed by atoms with Crippen LogP contribution in [-0.2, 0) is 15.7 Å². The molecule has 2 saturated heterocycles. The lowest BCUT2D eigenvalue weighted by atomic mass is 9.87. The summed E-state index contributed by atoms with van der Waals surface area (Å²) in [5.41, 5.74) is 2.50. The average Bonchev–Trinajstić information content (AvgIpc) is 3.48. The molecule has 0 aliphatic carbocycles. The molecule has 2 amide bonds. The monoisotopic (exact) mass is 593 g/mol. The zero-order chi connectivity index (χ0) is 30.6. The second-order valence-corrected chi connectivity index (χ2v) is 11.4. The van der Waals surface area contributed by atoms with Crippen LogP contribution in [0, 0.1) is 0 Å². The highest BCUT2D eigenvalue weighted by atomic mass is 19.4. The summed E-state index contributed by atoms with van der Waals surface area (Å²) in [4.78, 5) is 35.8. The fourth-order valence-electron chi connectivity index (χ4n) is 5.77. The van der Waals surface area contributed by atoms with Crippen molar-refractivity contribution < 1.29 is 36.6 Å². The highest BCUT2D eigenvalue weighted by molar-refractivity contribution is 5.98. The molecule has 0 aromatic carbocycles. The van der Waals surface area contributed by atoms with Crippen LogP contribution in [-0.4, -0.2) is 79.9 Å². The second kappa shape index (κ2) is 10.4. The number of ether oxygens (including phenoxy) is 2. The Labute approximate surface area is 238 Å². The Morgan fingerprint density at radius 1 is 1.17 bits per heavy atom. The molecule has 0 saturated carbocycles. The number of hydrogen-bond donors (Lipinski definition) is 2. The summed E-state index contributed by atoms with van der Waals surface area (Å²) in [5, 5.41) is 6.50. The topological polar surface area (TPSA) is 137 Å². The number of hydrogen-bond acceptors (Lipinski definition) is 8. The summed E-state index contributed by atoms with van der Waals surface area (Å²) in [5.74, 6) is -1.64. The van der Waals surface area contributed by atoms with E-state index in [1.54, 1.807) is 6.92 Å². The Morgan fingerprint density at radius 2 is 1.90 bits per heavy atom. The van der Waals surface area contributed by atoms with Gasteiger partial charge < -0.3 is 25.4 Å². The van der Waals surface area contributed by atoms with Gasteiger partial charge >= 0.3 is 6.18 Å². The number of pyridine rings is 1. The first-order valence-corrected chi connectivity index (χ1v) is 13.3. The maximum atomic E-state index is 15.1. The third-order valence-electron chi connectivity index (χ3n) is 7.71. The Kier molecular flexibility index (Phi) is 7.28. The van der Waals surface area contributed by atoms with Crippen molar-refractivity contribution >= 4 is 23.1 Å². The van der Waals surface area contributed by atoms with Crippen LogP contribution < -0.4 is 15.8 Å². The standard InChI is InChI=1S/C27H31F4N7O4/c1-25(2)6-5-7-26(3,42-25)24(40)37-11-17(28)18(12-37)36-22(39)15-8-14(10-33-23(15)41-4)19-9-16(27(29,30)31)20-21(32)34-13-35-38(19)20/h8-10,13,17-18H,5-7,11-12H2,1-4H3,(H,36,39)(H2,32,34,35)/t17-,18+,26?/m0/s1. The number of alkyl halides is 4. The number of nitrogens with zero attached hydrogens (tertiary/aromatic N) is 5. The quantitative estimate of drug-likeness (QED) is 0.430. The van der Waals surface area contributed by atoms with Crippen molar-refractivity contribution in [2.75, 3.05) is 25.9 Å². The van der Waals surface area contributed by atoms with Crippen LogP contribution in [0.4, 0.5) is 23.4 Å². The molecule has 1 unspecified atom stereocenters. The molecule has 0 radical (unpaired) electrons. The average molecular weight is 594 g/mol. The molecule has 5 rings (SSSR count). The summed E-state index contributed by atoms with van der Waals surface area (Å²) < 4.78 is 68.8. The number of nitrogens with one attached hydrogen (secondary N) is 1. The van der Waals surface area contributed by atoms with Gasteiger partial charge in [0.25, 0.3) is 11.8 Å². The fraction of sp³-hybridized carbons (Fsp3) is 0.519. The number of rotatable bonds is 5. The largest absolute Gasteiger partial charge is 0.480 e. The minimum Gasteiger partial charge on any atom is -0.480 e. The van der Waals surface area contributed by atoms with E-state index < -0.39 is 46.6 Å². The van der Waals surface area contributed by atoms with Gasteiger partial charge in [-0.2, -0.15) is 18.3 Å². The van der Waals surface area contributed by atoms with E-state index in [1.165, 1.54) is 24.3 Å². The Hall–Kier alpha value is -4.01. The van der Waals surface area contributed by atoms with Gasteiger partial charge in [-0.3, -0.25) is 9.59 Å². The van der Waals surface area contributed by atoms with Crippen LogP contribution in [0.2, 0.25) is 0 Å². The van der Waals surface area contributed by atoms with Crippen molar-refractivity contribution in [2.24, 2.45) is 0 Å². The van der Waals surface area contributed by atoms with Crippen molar-refractivity contribution in [3.05, 3.63) is 35.8 Å². The van der Waals surface area contributed by atoms with E-state index in [-0.39, 0.29) is 47.5 Å². The Bertz CT molecular complexity index is 1540. The van der Waals surface area contributed by atoms with E-state index in [0.29, 0.717) is 6.42 Å². The molecule has 3 N–H and O–H groups in total. The van der Waals surface area contributed by atoms with Crippen LogP contribution in [0.1, 0.15) is 56.0 Å². The number of carbonyl (C=O) groups is 2. The number of anilines is 1. The van der Waals surface area contributed by atoms with Gasteiger partial charge in [-0.1, -0.05) is 0 Å². The van der Waals surface area contributed by atoms with Gasteiger partial charge in [-0.15, -0.1) is 0 Å². The number of likely N-dealkylation sites (tertiary alicyclic amines) is 1. The van der Waals surface area contributed by atoms with Crippen LogP contribution >= 0.6 is 0 Å². The summed E-state index contributed by atoms with van der Waals surface area (Å²) in [7, 11) is 1.27. The molecule has 5 heterocycles. The third kappa shape index (κ3) is 5.32. The molecule has 0 spiro atoms. The maximum Gasteiger partial charge on any atom is 0.418 e. The lowest BCUT2D eigenvalue weighted by molar-refractivity contribution is -0.190. The van der Waals surface area contributed by atoms with Crippen LogP contribution in [0.15, 0.2) is 24.7 Å². The predicted octanol–water partition coefficient (Wildman–Crippen LogP) is 3.42. The number of nitrogens with two attached hydrogens (primary N) is 1. The van der Waals surface area contributed by atoms with E-state index in [0.717, 1.165) is 29.8 Å². The first-order chi connectivity index (χ1) is 19.6. The number of carbonyl (C=O) groups excluding carboxylic acids is 2. The number of methoxy groups -OCH3 is 1. The molecule has 3 aromatic heterocycles. The van der Waals surface area contributed by atoms with Gasteiger partial charge in [0.1, 0.15) is 29.2 Å². The summed E-state index contributed by atoms with van der Waals surface area (Å²) in [6, 6.07) is 1.05. The molecule has 0 bridgehead atoms. The molecule has 2 aliphatic heterocycles. The van der Waals surface area contributed by atoms with Crippen LogP contribution in [0.25, 0.3) is 16.8 Å². The highest BCUT2D eigenvalue weighted by Crippen LogP contribution is 2.39. The lowest BCUT2D eigenvalue weighted by Gasteiger charge is -2.43. The van der Waals surface area contributed by atoms with Crippen LogP contribution in [0.3, 0.4) is 0 Å². The third-order valence-corrected chi connectivity index (χ3v) is 7.71. The normalized spacial score (nSPS) is 24.1. The van der Waals surface area contributed by atoms with Crippen LogP contribution in [0.5, 0.6) is 5.88 Å². The molecule has 226 valence electrons. The summed E-state index contributed by atoms with van der Waals surface area (Å²) in [6.45, 7) is 5.19. The lowest BCUT2D eigenvalue weighted by Crippen LogP contribution is -2.54. The zero-order valence-corrected chi connectivity index (χ0v) is 23.5. The molecule has 42 heavy (non-hydrogen) atoms. The van der Waals surface area contributed by atoms with Gasteiger partial charge in [0, 0.05) is 18.3 Å². The fourth-order valence-corrected chi connectivity index (χ4v) is 5.77. The Balaban J connectivity index is 1.40. The van der Waals surface area contributed by atoms with Gasteiger partial charge in [-0.25, -0.2) is 18.9 Å². The SMILES string of the molecule is COc1ncc(-c2cc(C(F)(F)F)c3c(N)ncnn23)cc1C(=O)N[C@@H]1CN(C(=O)C2(C)CCCC(C)(C)O2)C[C@@H]1F. The van der Waals surface area contributed by atoms with Gasteiger partial charge in [0.05, 0.1) is 36.6 Å². The number of nitrogen functional groups attached to an aromatic ring is 1. The number of aromatic nitrogens is 4. The van der Waals surface area contributed by atoms with Crippen molar-refractivity contribution in [1.29, 1.82) is 0 Å². The van der Waals surface area contributed by atoms with Crippen molar-refractivity contribution in [2.45, 2.75) is 69.6 Å². The first kappa shape index (κ1) is 29.5.